The first kappa shape index (κ1) is 12.7. The van der Waals surface area contributed by atoms with Gasteiger partial charge in [0.05, 0.1) is 16.6 Å². The maximum absolute atomic E-state index is 12.8. The van der Waals surface area contributed by atoms with Gasteiger partial charge < -0.3 is 5.73 Å². The van der Waals surface area contributed by atoms with E-state index in [0.717, 1.165) is 25.1 Å². The van der Waals surface area contributed by atoms with Gasteiger partial charge in [-0.15, -0.1) is 10.2 Å². The topological polar surface area (TPSA) is 56.2 Å². The summed E-state index contributed by atoms with van der Waals surface area (Å²) in [6.07, 6.45) is -1.60. The molecular weight excluding hydrogens is 281 g/mol. The van der Waals surface area contributed by atoms with Crippen molar-refractivity contribution in [3.63, 3.8) is 0 Å². The van der Waals surface area contributed by atoms with Gasteiger partial charge in [-0.2, -0.15) is 13.2 Å². The average molecular weight is 291 g/mol. The third kappa shape index (κ3) is 2.17. The van der Waals surface area contributed by atoms with Crippen molar-refractivity contribution in [1.29, 1.82) is 0 Å². The molecule has 4 nitrogen and oxygen atoms in total. The maximum Gasteiger partial charge on any atom is 0.417 e. The summed E-state index contributed by atoms with van der Waals surface area (Å²) in [5.74, 6) is 0.589. The number of pyridine rings is 1. The van der Waals surface area contributed by atoms with Gasteiger partial charge in [0.25, 0.3) is 0 Å². The molecule has 1 fully saturated rings. The molecule has 1 aliphatic carbocycles. The molecule has 2 aromatic heterocycles. The second-order valence-corrected chi connectivity index (χ2v) is 5.10. The van der Waals surface area contributed by atoms with E-state index >= 15 is 0 Å². The molecule has 3 rings (SSSR count). The van der Waals surface area contributed by atoms with Crippen molar-refractivity contribution in [3.8, 4) is 0 Å². The predicted octanol–water partition coefficient (Wildman–Crippen LogP) is 2.81. The quantitative estimate of drug-likeness (QED) is 0.925. The number of fused-ring (bicyclic) bond motifs is 1. The molecule has 8 heteroatoms. The SMILES string of the molecule is NC(c1nnc2c(Cl)cc(C(F)(F)F)cn12)C1CC1. The van der Waals surface area contributed by atoms with Crippen LogP contribution in [0.15, 0.2) is 12.3 Å². The van der Waals surface area contributed by atoms with Crippen LogP contribution in [0.5, 0.6) is 0 Å². The molecule has 2 N–H and O–H groups in total. The van der Waals surface area contributed by atoms with Crippen LogP contribution in [-0.2, 0) is 6.18 Å². The Kier molecular flexibility index (Phi) is 2.72. The third-order valence-corrected chi connectivity index (χ3v) is 3.52. The summed E-state index contributed by atoms with van der Waals surface area (Å²) in [4.78, 5) is 0. The minimum absolute atomic E-state index is 0.0865. The Morgan fingerprint density at radius 1 is 1.37 bits per heavy atom. The molecule has 0 spiro atoms. The molecule has 0 aromatic carbocycles. The number of nitrogens with zero attached hydrogens (tertiary/aromatic N) is 3. The second kappa shape index (κ2) is 4.08. The van der Waals surface area contributed by atoms with Crippen molar-refractivity contribution >= 4 is 17.2 Å². The van der Waals surface area contributed by atoms with Gasteiger partial charge in [0.15, 0.2) is 11.5 Å². The molecule has 0 bridgehead atoms. The molecule has 1 unspecified atom stereocenters. The zero-order chi connectivity index (χ0) is 13.8. The van der Waals surface area contributed by atoms with E-state index in [4.69, 9.17) is 17.3 Å². The van der Waals surface area contributed by atoms with Gasteiger partial charge in [0.2, 0.25) is 0 Å². The van der Waals surface area contributed by atoms with Crippen molar-refractivity contribution in [3.05, 3.63) is 28.7 Å². The lowest BCUT2D eigenvalue weighted by atomic mass is 10.2. The minimum Gasteiger partial charge on any atom is -0.321 e. The molecule has 1 aliphatic rings. The van der Waals surface area contributed by atoms with Crippen molar-refractivity contribution in [1.82, 2.24) is 14.6 Å². The van der Waals surface area contributed by atoms with Gasteiger partial charge in [-0.05, 0) is 24.8 Å². The first-order valence-corrected chi connectivity index (χ1v) is 6.12. The van der Waals surface area contributed by atoms with E-state index in [1.165, 1.54) is 4.40 Å². The maximum atomic E-state index is 12.8. The molecule has 0 saturated heterocycles. The number of hydrogen-bond acceptors (Lipinski definition) is 3. The van der Waals surface area contributed by atoms with Crippen LogP contribution < -0.4 is 5.73 Å². The predicted molar refractivity (Wildman–Crippen MR) is 62.7 cm³/mol. The Bertz CT molecular complexity index is 633. The molecule has 0 amide bonds. The zero-order valence-corrected chi connectivity index (χ0v) is 10.4. The van der Waals surface area contributed by atoms with Gasteiger partial charge in [-0.3, -0.25) is 4.40 Å². The van der Waals surface area contributed by atoms with Gasteiger partial charge in [0, 0.05) is 6.20 Å². The van der Waals surface area contributed by atoms with Gasteiger partial charge in [-0.1, -0.05) is 11.6 Å². The first-order chi connectivity index (χ1) is 8.88. The van der Waals surface area contributed by atoms with Crippen LogP contribution in [0.3, 0.4) is 0 Å². The average Bonchev–Trinajstić information content (AvgIpc) is 3.07. The highest BCUT2D eigenvalue weighted by Gasteiger charge is 2.35. The van der Waals surface area contributed by atoms with Crippen LogP contribution in [-0.4, -0.2) is 14.6 Å². The van der Waals surface area contributed by atoms with E-state index in [9.17, 15) is 13.2 Å². The molecule has 1 saturated carbocycles. The van der Waals surface area contributed by atoms with Crippen LogP contribution in [0.1, 0.15) is 30.3 Å². The summed E-state index contributed by atoms with van der Waals surface area (Å²) in [7, 11) is 0. The number of aromatic nitrogens is 3. The fraction of sp³-hybridized carbons (Fsp3) is 0.455. The van der Waals surface area contributed by atoms with Crippen molar-refractivity contribution in [2.24, 2.45) is 11.7 Å². The first-order valence-electron chi connectivity index (χ1n) is 5.75. The van der Waals surface area contributed by atoms with Crippen molar-refractivity contribution < 1.29 is 13.2 Å². The smallest absolute Gasteiger partial charge is 0.321 e. The Hall–Kier alpha value is -1.34. The summed E-state index contributed by atoms with van der Waals surface area (Å²) in [5.41, 5.74) is 5.33. The summed E-state index contributed by atoms with van der Waals surface area (Å²) in [6.45, 7) is 0. The second-order valence-electron chi connectivity index (χ2n) is 4.69. The molecule has 0 radical (unpaired) electrons. The summed E-state index contributed by atoms with van der Waals surface area (Å²) >= 11 is 5.82. The van der Waals surface area contributed by atoms with Crippen LogP contribution >= 0.6 is 11.6 Å². The number of halogens is 4. The van der Waals surface area contributed by atoms with Crippen LogP contribution in [0.4, 0.5) is 13.2 Å². The van der Waals surface area contributed by atoms with Crippen LogP contribution in [0.25, 0.3) is 5.65 Å². The Labute approximate surface area is 111 Å². The summed E-state index contributed by atoms with van der Waals surface area (Å²) < 4.78 is 39.5. The normalized spacial score (nSPS) is 17.9. The highest BCUT2D eigenvalue weighted by Crippen LogP contribution is 2.39. The van der Waals surface area contributed by atoms with Crippen molar-refractivity contribution in [2.45, 2.75) is 25.1 Å². The van der Waals surface area contributed by atoms with E-state index < -0.39 is 17.8 Å². The molecule has 2 heterocycles. The highest BCUT2D eigenvalue weighted by atomic mass is 35.5. The summed E-state index contributed by atoms with van der Waals surface area (Å²) in [5, 5.41) is 7.60. The minimum atomic E-state index is -4.47. The standard InChI is InChI=1S/C11H10ClF3N4/c12-7-3-6(11(13,14)15)4-19-9(7)17-18-10(19)8(16)5-1-2-5/h3-5,8H,1-2,16H2. The number of rotatable bonds is 2. The lowest BCUT2D eigenvalue weighted by Gasteiger charge is -2.11. The van der Waals surface area contributed by atoms with E-state index in [-0.39, 0.29) is 16.6 Å². The zero-order valence-electron chi connectivity index (χ0n) is 9.65. The Balaban J connectivity index is 2.17. The highest BCUT2D eigenvalue weighted by molar-refractivity contribution is 6.33. The Morgan fingerprint density at radius 3 is 2.63 bits per heavy atom. The lowest BCUT2D eigenvalue weighted by molar-refractivity contribution is -0.137. The fourth-order valence-corrected chi connectivity index (χ4v) is 2.27. The van der Waals surface area contributed by atoms with Crippen LogP contribution in [0.2, 0.25) is 5.02 Å². The molecule has 1 atom stereocenters. The monoisotopic (exact) mass is 290 g/mol. The summed E-state index contributed by atoms with van der Waals surface area (Å²) in [6, 6.07) is 0.437. The van der Waals surface area contributed by atoms with E-state index in [1.807, 2.05) is 0 Å². The number of nitrogens with two attached hydrogens (primary N) is 1. The van der Waals surface area contributed by atoms with Crippen LogP contribution in [0, 0.1) is 5.92 Å². The number of alkyl halides is 3. The third-order valence-electron chi connectivity index (χ3n) is 3.24. The van der Waals surface area contributed by atoms with Gasteiger partial charge in [0.1, 0.15) is 0 Å². The largest absolute Gasteiger partial charge is 0.417 e. The van der Waals surface area contributed by atoms with Crippen molar-refractivity contribution in [2.75, 3.05) is 0 Å². The molecule has 2 aromatic rings. The fourth-order valence-electron chi connectivity index (χ4n) is 2.02. The van der Waals surface area contributed by atoms with E-state index in [2.05, 4.69) is 10.2 Å². The molecule has 19 heavy (non-hydrogen) atoms. The Morgan fingerprint density at radius 2 is 2.05 bits per heavy atom. The van der Waals surface area contributed by atoms with Gasteiger partial charge in [-0.25, -0.2) is 0 Å². The molecular formula is C11H10ClF3N4. The number of hydrogen-bond donors (Lipinski definition) is 1. The molecule has 0 aliphatic heterocycles. The van der Waals surface area contributed by atoms with Gasteiger partial charge >= 0.3 is 6.18 Å². The lowest BCUT2D eigenvalue weighted by Crippen LogP contribution is -2.17. The van der Waals surface area contributed by atoms with E-state index in [1.54, 1.807) is 0 Å². The molecule has 102 valence electrons. The van der Waals surface area contributed by atoms with E-state index in [0.29, 0.717) is 5.82 Å².